The number of amides is 1. The lowest BCUT2D eigenvalue weighted by Crippen LogP contribution is -2.50. The molecule has 2 aliphatic rings. The van der Waals surface area contributed by atoms with Crippen LogP contribution in [-0.2, 0) is 9.84 Å². The smallest absolute Gasteiger partial charge is 0.265 e. The molecule has 1 amide bonds. The summed E-state index contributed by atoms with van der Waals surface area (Å²) in [6.07, 6.45) is 7.48. The van der Waals surface area contributed by atoms with Gasteiger partial charge in [-0.25, -0.2) is 8.42 Å². The van der Waals surface area contributed by atoms with Crippen LogP contribution < -0.4 is 10.6 Å². The predicted molar refractivity (Wildman–Crippen MR) is 152 cm³/mol. The van der Waals surface area contributed by atoms with Gasteiger partial charge in [0, 0.05) is 37.3 Å². The van der Waals surface area contributed by atoms with Crippen LogP contribution in [0.25, 0.3) is 10.2 Å². The van der Waals surface area contributed by atoms with E-state index in [0.29, 0.717) is 29.7 Å². The van der Waals surface area contributed by atoms with Crippen LogP contribution in [0.15, 0.2) is 47.9 Å². The van der Waals surface area contributed by atoms with Crippen LogP contribution in [0.1, 0.15) is 53.5 Å². The van der Waals surface area contributed by atoms with E-state index in [-0.39, 0.29) is 23.2 Å². The Labute approximate surface area is 228 Å². The first-order valence-corrected chi connectivity index (χ1v) is 15.0. The van der Waals surface area contributed by atoms with Gasteiger partial charge in [-0.1, -0.05) is 25.3 Å². The van der Waals surface area contributed by atoms with E-state index in [1.807, 2.05) is 17.9 Å². The normalized spacial score (nSPS) is 18.3. The molecular formula is C26H34ClN5O3S2. The van der Waals surface area contributed by atoms with Gasteiger partial charge in [0.05, 0.1) is 21.5 Å². The third-order valence-corrected chi connectivity index (χ3v) is 10.4. The Morgan fingerprint density at radius 3 is 2.51 bits per heavy atom. The number of aryl methyl sites for hydroxylation is 1. The fourth-order valence-electron chi connectivity index (χ4n) is 5.23. The lowest BCUT2D eigenvalue weighted by Gasteiger charge is -2.32. The zero-order valence-corrected chi connectivity index (χ0v) is 23.4. The van der Waals surface area contributed by atoms with Crippen LogP contribution in [-0.4, -0.2) is 60.6 Å². The summed E-state index contributed by atoms with van der Waals surface area (Å²) in [5.74, 6) is -0.203. The number of anilines is 1. The van der Waals surface area contributed by atoms with Gasteiger partial charge < -0.3 is 10.6 Å². The number of benzene rings is 1. The van der Waals surface area contributed by atoms with E-state index in [9.17, 15) is 13.2 Å². The van der Waals surface area contributed by atoms with Crippen molar-refractivity contribution in [1.82, 2.24) is 20.0 Å². The topological polar surface area (TPSA) is 96.3 Å². The van der Waals surface area contributed by atoms with Crippen LogP contribution in [0.3, 0.4) is 0 Å². The summed E-state index contributed by atoms with van der Waals surface area (Å²) >= 11 is 1.47. The molecule has 1 saturated heterocycles. The first kappa shape index (κ1) is 27.8. The molecule has 37 heavy (non-hydrogen) atoms. The van der Waals surface area contributed by atoms with E-state index < -0.39 is 15.2 Å². The summed E-state index contributed by atoms with van der Waals surface area (Å²) in [6.45, 7) is 8.56. The van der Waals surface area contributed by atoms with E-state index >= 15 is 0 Å². The van der Waals surface area contributed by atoms with E-state index in [1.54, 1.807) is 24.3 Å². The Morgan fingerprint density at radius 2 is 1.86 bits per heavy atom. The molecule has 1 saturated carbocycles. The molecule has 200 valence electrons. The molecule has 1 unspecified atom stereocenters. The molecular weight excluding hydrogens is 530 g/mol. The number of thiophene rings is 1. The zero-order valence-electron chi connectivity index (χ0n) is 21.0. The molecule has 1 aromatic carbocycles. The minimum Gasteiger partial charge on any atom is -0.321 e. The number of hydrogen-bond acceptors (Lipinski definition) is 7. The van der Waals surface area contributed by atoms with E-state index in [4.69, 9.17) is 5.10 Å². The van der Waals surface area contributed by atoms with Crippen molar-refractivity contribution in [2.45, 2.75) is 55.3 Å². The van der Waals surface area contributed by atoms with Crippen LogP contribution in [0, 0.1) is 6.92 Å². The summed E-state index contributed by atoms with van der Waals surface area (Å²) in [5.41, 5.74) is 1.50. The molecule has 1 aliphatic carbocycles. The van der Waals surface area contributed by atoms with E-state index in [1.165, 1.54) is 36.7 Å². The molecule has 0 bridgehead atoms. The monoisotopic (exact) mass is 563 g/mol. The molecule has 2 fully saturated rings. The van der Waals surface area contributed by atoms with Crippen molar-refractivity contribution < 1.29 is 13.2 Å². The molecule has 11 heteroatoms. The van der Waals surface area contributed by atoms with Crippen molar-refractivity contribution in [3.05, 3.63) is 53.6 Å². The molecule has 0 radical (unpaired) electrons. The van der Waals surface area contributed by atoms with Crippen LogP contribution >= 0.6 is 23.7 Å². The number of rotatable bonds is 7. The lowest BCUT2D eigenvalue weighted by molar-refractivity contribution is 0.103. The summed E-state index contributed by atoms with van der Waals surface area (Å²) in [5, 5.41) is 11.2. The van der Waals surface area contributed by atoms with Crippen molar-refractivity contribution >= 4 is 55.4 Å². The van der Waals surface area contributed by atoms with Gasteiger partial charge in [-0.3, -0.25) is 14.4 Å². The van der Waals surface area contributed by atoms with Gasteiger partial charge in [0.15, 0.2) is 9.84 Å². The van der Waals surface area contributed by atoms with Crippen molar-refractivity contribution in [3.63, 3.8) is 0 Å². The number of sulfone groups is 1. The second-order valence-electron chi connectivity index (χ2n) is 9.59. The number of hydrogen-bond donors (Lipinski definition) is 2. The van der Waals surface area contributed by atoms with Gasteiger partial charge >= 0.3 is 0 Å². The Morgan fingerprint density at radius 1 is 1.19 bits per heavy atom. The highest BCUT2D eigenvalue weighted by Crippen LogP contribution is 2.35. The maximum Gasteiger partial charge on any atom is 0.265 e. The Hall–Kier alpha value is -2.24. The zero-order chi connectivity index (χ0) is 25.3. The molecule has 5 rings (SSSR count). The summed E-state index contributed by atoms with van der Waals surface area (Å²) in [4.78, 5) is 16.9. The van der Waals surface area contributed by atoms with Crippen molar-refractivity contribution in [2.24, 2.45) is 0 Å². The number of carbonyl (C=O) groups is 1. The first-order chi connectivity index (χ1) is 17.4. The molecule has 3 aromatic rings. The van der Waals surface area contributed by atoms with Crippen LogP contribution in [0.5, 0.6) is 0 Å². The van der Waals surface area contributed by atoms with Crippen molar-refractivity contribution in [1.29, 1.82) is 0 Å². The molecule has 1 aliphatic heterocycles. The van der Waals surface area contributed by atoms with E-state index in [2.05, 4.69) is 21.9 Å². The van der Waals surface area contributed by atoms with Crippen molar-refractivity contribution in [2.75, 3.05) is 31.5 Å². The number of piperazine rings is 1. The highest BCUT2D eigenvalue weighted by atomic mass is 35.5. The molecule has 3 heterocycles. The maximum absolute atomic E-state index is 13.3. The maximum atomic E-state index is 13.3. The first-order valence-electron chi connectivity index (χ1n) is 12.6. The quantitative estimate of drug-likeness (QED) is 0.402. The number of nitrogens with zero attached hydrogens (tertiary/aromatic N) is 3. The minimum atomic E-state index is -3.62. The number of carbonyl (C=O) groups excluding carboxylic acids is 1. The van der Waals surface area contributed by atoms with Crippen LogP contribution in [0.2, 0.25) is 0 Å². The third kappa shape index (κ3) is 5.63. The van der Waals surface area contributed by atoms with Gasteiger partial charge in [0.25, 0.3) is 5.91 Å². The summed E-state index contributed by atoms with van der Waals surface area (Å²) in [7, 11) is -3.62. The SMILES string of the molecule is C=CC(N1CCNCC1)S(=O)(=O)c1ccc(NC(=O)c2cc3c(C)nn(C4CCCCC4)c3s2)cc1.Cl. The standard InChI is InChI=1S/C26H33N5O3S2.ClH/c1-3-24(30-15-13-27-14-16-30)36(33,34)21-11-9-19(10-12-21)28-25(32)23-17-22-18(2)29-31(26(22)35-23)20-7-5-4-6-8-20;/h3,9-12,17,20,24,27H,1,4-8,13-16H2,2H3,(H,28,32);1H. The molecule has 8 nitrogen and oxygen atoms in total. The van der Waals surface area contributed by atoms with Gasteiger partial charge in [0.1, 0.15) is 10.2 Å². The fourth-order valence-corrected chi connectivity index (χ4v) is 8.01. The fraction of sp³-hybridized carbons (Fsp3) is 0.462. The minimum absolute atomic E-state index is 0. The van der Waals surface area contributed by atoms with Gasteiger partial charge in [-0.05, 0) is 50.1 Å². The molecule has 0 spiro atoms. The summed E-state index contributed by atoms with van der Waals surface area (Å²) in [6, 6.07) is 8.72. The predicted octanol–water partition coefficient (Wildman–Crippen LogP) is 4.78. The van der Waals surface area contributed by atoms with Gasteiger partial charge in [0.2, 0.25) is 0 Å². The van der Waals surface area contributed by atoms with Crippen molar-refractivity contribution in [3.8, 4) is 0 Å². The number of halogens is 1. The molecule has 1 atom stereocenters. The third-order valence-electron chi connectivity index (χ3n) is 7.18. The Balaban J connectivity index is 0.00000320. The molecule has 2 aromatic heterocycles. The highest BCUT2D eigenvalue weighted by Gasteiger charge is 2.31. The lowest BCUT2D eigenvalue weighted by atomic mass is 9.96. The van der Waals surface area contributed by atoms with Crippen LogP contribution in [0.4, 0.5) is 5.69 Å². The van der Waals surface area contributed by atoms with E-state index in [0.717, 1.165) is 41.8 Å². The number of aromatic nitrogens is 2. The Bertz CT molecular complexity index is 1350. The molecule has 2 N–H and O–H groups in total. The second kappa shape index (κ2) is 11.7. The van der Waals surface area contributed by atoms with Gasteiger partial charge in [-0.15, -0.1) is 30.3 Å². The summed E-state index contributed by atoms with van der Waals surface area (Å²) < 4.78 is 28.6. The second-order valence-corrected chi connectivity index (χ2v) is 12.7. The number of fused-ring (bicyclic) bond motifs is 1. The highest BCUT2D eigenvalue weighted by molar-refractivity contribution is 7.92. The Kier molecular flexibility index (Phi) is 8.75. The average Bonchev–Trinajstić information content (AvgIpc) is 3.46. The van der Waals surface area contributed by atoms with Gasteiger partial charge in [-0.2, -0.15) is 5.10 Å². The largest absolute Gasteiger partial charge is 0.321 e. The number of nitrogens with one attached hydrogen (secondary N) is 2. The average molecular weight is 564 g/mol.